The second-order valence-corrected chi connectivity index (χ2v) is 6.49. The number of amides is 1. The molecule has 112 valence electrons. The monoisotopic (exact) mass is 304 g/mol. The number of hydrogen-bond donors (Lipinski definition) is 2. The van der Waals surface area contributed by atoms with Gasteiger partial charge in [0.25, 0.3) is 5.91 Å². The van der Waals surface area contributed by atoms with Crippen molar-refractivity contribution in [3.05, 3.63) is 28.6 Å². The minimum Gasteiger partial charge on any atom is -0.497 e. The Morgan fingerprint density at radius 1 is 1.48 bits per heavy atom. The Kier molecular flexibility index (Phi) is 4.12. The molecule has 0 aliphatic carbocycles. The number of carbonyl (C=O) groups is 1. The van der Waals surface area contributed by atoms with Crippen LogP contribution >= 0.6 is 11.3 Å². The minimum atomic E-state index is 0.0429. The largest absolute Gasteiger partial charge is 0.497 e. The molecule has 21 heavy (non-hydrogen) atoms. The number of piperidine rings is 1. The molecule has 0 spiro atoms. The summed E-state index contributed by atoms with van der Waals surface area (Å²) in [5.74, 6) is 0.869. The lowest BCUT2D eigenvalue weighted by Crippen LogP contribution is -2.45. The zero-order valence-electron chi connectivity index (χ0n) is 12.4. The molecule has 1 amide bonds. The summed E-state index contributed by atoms with van der Waals surface area (Å²) in [6.07, 6.45) is 2.17. The van der Waals surface area contributed by atoms with Gasteiger partial charge in [-0.15, -0.1) is 11.3 Å². The van der Waals surface area contributed by atoms with E-state index in [4.69, 9.17) is 4.74 Å². The highest BCUT2D eigenvalue weighted by Crippen LogP contribution is 2.33. The third-order valence-electron chi connectivity index (χ3n) is 3.98. The van der Waals surface area contributed by atoms with Gasteiger partial charge in [0.05, 0.1) is 12.0 Å². The highest BCUT2D eigenvalue weighted by molar-refractivity contribution is 7.21. The molecule has 2 N–H and O–H groups in total. The van der Waals surface area contributed by atoms with Crippen LogP contribution in [0.25, 0.3) is 10.1 Å². The molecule has 4 nitrogen and oxygen atoms in total. The lowest BCUT2D eigenvalue weighted by atomic mass is 10.1. The van der Waals surface area contributed by atoms with Gasteiger partial charge in [0, 0.05) is 17.3 Å². The fourth-order valence-electron chi connectivity index (χ4n) is 2.77. The normalized spacial score (nSPS) is 18.7. The standard InChI is InChI=1S/C16H20N2O2S/c1-10-13-8-12(20-2)5-6-14(13)21-15(10)16(19)18-11-4-3-7-17-9-11/h5-6,8,11,17H,3-4,7,9H2,1-2H3,(H,18,19)/t11-/m0/s1. The summed E-state index contributed by atoms with van der Waals surface area (Å²) in [4.78, 5) is 13.3. The Bertz CT molecular complexity index is 660. The highest BCUT2D eigenvalue weighted by atomic mass is 32.1. The molecular formula is C16H20N2O2S. The molecule has 3 rings (SSSR count). The van der Waals surface area contributed by atoms with Crippen molar-refractivity contribution in [2.24, 2.45) is 0 Å². The number of methoxy groups -OCH3 is 1. The van der Waals surface area contributed by atoms with Crippen LogP contribution in [0.2, 0.25) is 0 Å². The second-order valence-electron chi connectivity index (χ2n) is 5.44. The molecule has 1 atom stereocenters. The fourth-order valence-corrected chi connectivity index (χ4v) is 3.86. The van der Waals surface area contributed by atoms with E-state index in [2.05, 4.69) is 10.6 Å². The first-order valence-corrected chi connectivity index (χ1v) is 8.09. The fraction of sp³-hybridized carbons (Fsp3) is 0.438. The van der Waals surface area contributed by atoms with E-state index in [-0.39, 0.29) is 11.9 Å². The van der Waals surface area contributed by atoms with Crippen LogP contribution in [0.4, 0.5) is 0 Å². The summed E-state index contributed by atoms with van der Waals surface area (Å²) in [5.41, 5.74) is 1.04. The summed E-state index contributed by atoms with van der Waals surface area (Å²) in [6, 6.07) is 6.20. The van der Waals surface area contributed by atoms with Gasteiger partial charge in [-0.1, -0.05) is 0 Å². The lowest BCUT2D eigenvalue weighted by Gasteiger charge is -2.23. The molecule has 2 aromatic rings. The predicted octanol–water partition coefficient (Wildman–Crippen LogP) is 2.70. The summed E-state index contributed by atoms with van der Waals surface area (Å²) in [6.45, 7) is 3.92. The third-order valence-corrected chi connectivity index (χ3v) is 5.25. The summed E-state index contributed by atoms with van der Waals surface area (Å²) < 4.78 is 6.39. The van der Waals surface area contributed by atoms with Crippen molar-refractivity contribution in [3.63, 3.8) is 0 Å². The van der Waals surface area contributed by atoms with Gasteiger partial charge in [0.2, 0.25) is 0 Å². The van der Waals surface area contributed by atoms with Crippen LogP contribution < -0.4 is 15.4 Å². The van der Waals surface area contributed by atoms with E-state index < -0.39 is 0 Å². The molecular weight excluding hydrogens is 284 g/mol. The molecule has 5 heteroatoms. The van der Waals surface area contributed by atoms with Crippen LogP contribution in [0.5, 0.6) is 5.75 Å². The minimum absolute atomic E-state index is 0.0429. The molecule has 1 aromatic carbocycles. The smallest absolute Gasteiger partial charge is 0.261 e. The number of hydrogen-bond acceptors (Lipinski definition) is 4. The van der Waals surface area contributed by atoms with Crippen molar-refractivity contribution >= 4 is 27.3 Å². The Balaban J connectivity index is 1.85. The van der Waals surface area contributed by atoms with Crippen LogP contribution in [-0.4, -0.2) is 32.1 Å². The number of fused-ring (bicyclic) bond motifs is 1. The molecule has 1 aliphatic rings. The van der Waals surface area contributed by atoms with Gasteiger partial charge in [-0.3, -0.25) is 4.79 Å². The van der Waals surface area contributed by atoms with Crippen molar-refractivity contribution in [2.75, 3.05) is 20.2 Å². The Morgan fingerprint density at radius 2 is 2.33 bits per heavy atom. The summed E-state index contributed by atoms with van der Waals surface area (Å²) in [5, 5.41) is 7.57. The van der Waals surface area contributed by atoms with Gasteiger partial charge >= 0.3 is 0 Å². The highest BCUT2D eigenvalue weighted by Gasteiger charge is 2.20. The second kappa shape index (κ2) is 6.03. The molecule has 0 radical (unpaired) electrons. The van der Waals surface area contributed by atoms with Gasteiger partial charge < -0.3 is 15.4 Å². The average molecular weight is 304 g/mol. The van der Waals surface area contributed by atoms with Crippen LogP contribution in [0.3, 0.4) is 0 Å². The average Bonchev–Trinajstić information content (AvgIpc) is 2.85. The quantitative estimate of drug-likeness (QED) is 0.916. The molecule has 1 fully saturated rings. The molecule has 1 saturated heterocycles. The van der Waals surface area contributed by atoms with Crippen molar-refractivity contribution in [1.29, 1.82) is 0 Å². The number of nitrogens with one attached hydrogen (secondary N) is 2. The molecule has 2 heterocycles. The van der Waals surface area contributed by atoms with Crippen LogP contribution in [-0.2, 0) is 0 Å². The molecule has 0 saturated carbocycles. The summed E-state index contributed by atoms with van der Waals surface area (Å²) >= 11 is 1.55. The number of thiophene rings is 1. The molecule has 0 unspecified atom stereocenters. The van der Waals surface area contributed by atoms with E-state index in [1.807, 2.05) is 25.1 Å². The van der Waals surface area contributed by atoms with E-state index in [0.29, 0.717) is 0 Å². The van der Waals surface area contributed by atoms with Crippen LogP contribution in [0.1, 0.15) is 28.1 Å². The van der Waals surface area contributed by atoms with Crippen molar-refractivity contribution in [1.82, 2.24) is 10.6 Å². The maximum absolute atomic E-state index is 12.5. The molecule has 0 bridgehead atoms. The Hall–Kier alpha value is -1.59. The maximum Gasteiger partial charge on any atom is 0.261 e. The van der Waals surface area contributed by atoms with Crippen LogP contribution in [0.15, 0.2) is 18.2 Å². The first kappa shape index (κ1) is 14.4. The van der Waals surface area contributed by atoms with Crippen molar-refractivity contribution in [2.45, 2.75) is 25.8 Å². The molecule has 1 aliphatic heterocycles. The predicted molar refractivity (Wildman–Crippen MR) is 86.5 cm³/mol. The zero-order valence-corrected chi connectivity index (χ0v) is 13.2. The van der Waals surface area contributed by atoms with Gasteiger partial charge in [-0.25, -0.2) is 0 Å². The zero-order chi connectivity index (χ0) is 14.8. The Morgan fingerprint density at radius 3 is 3.05 bits per heavy atom. The van der Waals surface area contributed by atoms with Crippen molar-refractivity contribution in [3.8, 4) is 5.75 Å². The van der Waals surface area contributed by atoms with E-state index >= 15 is 0 Å². The van der Waals surface area contributed by atoms with Gasteiger partial charge in [-0.2, -0.15) is 0 Å². The first-order valence-electron chi connectivity index (χ1n) is 7.28. The SMILES string of the molecule is COc1ccc2sc(C(=O)N[C@H]3CCCNC3)c(C)c2c1. The molecule has 1 aromatic heterocycles. The van der Waals surface area contributed by atoms with Gasteiger partial charge in [0.1, 0.15) is 5.75 Å². The van der Waals surface area contributed by atoms with Gasteiger partial charge in [-0.05, 0) is 55.5 Å². The van der Waals surface area contributed by atoms with Gasteiger partial charge in [0.15, 0.2) is 0 Å². The van der Waals surface area contributed by atoms with Crippen molar-refractivity contribution < 1.29 is 9.53 Å². The first-order chi connectivity index (χ1) is 10.2. The van der Waals surface area contributed by atoms with E-state index in [1.165, 1.54) is 0 Å². The number of carbonyl (C=O) groups excluding carboxylic acids is 1. The topological polar surface area (TPSA) is 50.4 Å². The number of benzene rings is 1. The lowest BCUT2D eigenvalue weighted by molar-refractivity contribution is 0.0934. The van der Waals surface area contributed by atoms with E-state index in [0.717, 1.165) is 52.2 Å². The van der Waals surface area contributed by atoms with E-state index in [1.54, 1.807) is 18.4 Å². The van der Waals surface area contributed by atoms with Crippen LogP contribution in [0, 0.1) is 6.92 Å². The third kappa shape index (κ3) is 2.89. The maximum atomic E-state index is 12.5. The number of aryl methyl sites for hydroxylation is 1. The number of rotatable bonds is 3. The summed E-state index contributed by atoms with van der Waals surface area (Å²) in [7, 11) is 1.66. The Labute approximate surface area is 128 Å². The van der Waals surface area contributed by atoms with E-state index in [9.17, 15) is 4.79 Å². The number of ether oxygens (including phenoxy) is 1.